The molecule has 3 nitrogen and oxygen atoms in total. The van der Waals surface area contributed by atoms with Crippen molar-refractivity contribution in [2.24, 2.45) is 0 Å². The lowest BCUT2D eigenvalue weighted by Crippen LogP contribution is -2.30. The van der Waals surface area contributed by atoms with Crippen LogP contribution in [0.25, 0.3) is 0 Å². The first-order chi connectivity index (χ1) is 8.22. The average Bonchev–Trinajstić information content (AvgIpc) is 2.74. The van der Waals surface area contributed by atoms with Crippen LogP contribution in [0.3, 0.4) is 0 Å². The van der Waals surface area contributed by atoms with Crippen LogP contribution in [0, 0.1) is 3.57 Å². The van der Waals surface area contributed by atoms with Gasteiger partial charge in [-0.3, -0.25) is 0 Å². The number of rotatable bonds is 4. The summed E-state index contributed by atoms with van der Waals surface area (Å²) >= 11 is 2.28. The van der Waals surface area contributed by atoms with Crippen molar-refractivity contribution in [3.8, 4) is 0 Å². The fourth-order valence-corrected chi connectivity index (χ4v) is 3.08. The monoisotopic (exact) mass is 346 g/mol. The minimum absolute atomic E-state index is 0.284. The molecule has 1 fully saturated rings. The van der Waals surface area contributed by atoms with Crippen molar-refractivity contribution in [2.45, 2.75) is 31.7 Å². The molecule has 1 aliphatic rings. The third kappa shape index (κ3) is 3.04. The number of anilines is 2. The van der Waals surface area contributed by atoms with Crippen LogP contribution in [0.1, 0.15) is 25.7 Å². The van der Waals surface area contributed by atoms with Gasteiger partial charge in [0, 0.05) is 22.8 Å². The van der Waals surface area contributed by atoms with Gasteiger partial charge in [0.2, 0.25) is 0 Å². The summed E-state index contributed by atoms with van der Waals surface area (Å²) in [6, 6.07) is 6.80. The molecule has 0 aliphatic carbocycles. The maximum absolute atomic E-state index is 8.93. The van der Waals surface area contributed by atoms with Crippen LogP contribution in [-0.4, -0.2) is 24.3 Å². The van der Waals surface area contributed by atoms with Crippen LogP contribution in [-0.2, 0) is 0 Å². The van der Waals surface area contributed by atoms with E-state index in [1.165, 1.54) is 16.4 Å². The number of hydrogen-bond donors (Lipinski definition) is 2. The SMILES string of the molecule is Nc1cc(I)ccc1N1CCCC1CCCO. The van der Waals surface area contributed by atoms with Crippen molar-refractivity contribution in [1.82, 2.24) is 0 Å². The highest BCUT2D eigenvalue weighted by molar-refractivity contribution is 14.1. The Bertz CT molecular complexity index is 384. The van der Waals surface area contributed by atoms with E-state index in [4.69, 9.17) is 10.8 Å². The Morgan fingerprint density at radius 2 is 2.29 bits per heavy atom. The van der Waals surface area contributed by atoms with Gasteiger partial charge in [-0.05, 0) is 66.5 Å². The normalized spacial score (nSPS) is 19.9. The smallest absolute Gasteiger partial charge is 0.0603 e. The molecule has 1 unspecified atom stereocenters. The Balaban J connectivity index is 2.14. The molecule has 0 aromatic heterocycles. The zero-order chi connectivity index (χ0) is 12.3. The van der Waals surface area contributed by atoms with Gasteiger partial charge in [0.15, 0.2) is 0 Å². The van der Waals surface area contributed by atoms with Gasteiger partial charge in [0.25, 0.3) is 0 Å². The molecule has 0 amide bonds. The summed E-state index contributed by atoms with van der Waals surface area (Å²) in [4.78, 5) is 2.40. The molecule has 17 heavy (non-hydrogen) atoms. The Hall–Kier alpha value is -0.490. The number of aliphatic hydroxyl groups is 1. The molecule has 2 rings (SSSR count). The van der Waals surface area contributed by atoms with E-state index in [-0.39, 0.29) is 6.61 Å². The number of nitrogens with two attached hydrogens (primary N) is 1. The summed E-state index contributed by atoms with van der Waals surface area (Å²) in [6.45, 7) is 1.37. The van der Waals surface area contributed by atoms with Crippen molar-refractivity contribution in [3.63, 3.8) is 0 Å². The van der Waals surface area contributed by atoms with Crippen molar-refractivity contribution in [1.29, 1.82) is 0 Å². The molecule has 1 aromatic carbocycles. The molecule has 1 heterocycles. The van der Waals surface area contributed by atoms with Crippen molar-refractivity contribution >= 4 is 34.0 Å². The molecule has 3 N–H and O–H groups in total. The first-order valence-corrected chi connectivity index (χ1v) is 7.23. The Morgan fingerprint density at radius 3 is 3.00 bits per heavy atom. The van der Waals surface area contributed by atoms with Crippen LogP contribution in [0.4, 0.5) is 11.4 Å². The molecule has 1 aliphatic heterocycles. The van der Waals surface area contributed by atoms with Crippen molar-refractivity contribution in [3.05, 3.63) is 21.8 Å². The van der Waals surface area contributed by atoms with E-state index in [0.717, 1.165) is 30.8 Å². The number of halogens is 1. The van der Waals surface area contributed by atoms with Gasteiger partial charge >= 0.3 is 0 Å². The van der Waals surface area contributed by atoms with E-state index in [9.17, 15) is 0 Å². The molecule has 0 radical (unpaired) electrons. The van der Waals surface area contributed by atoms with Gasteiger partial charge in [-0.1, -0.05) is 0 Å². The van der Waals surface area contributed by atoms with E-state index in [1.54, 1.807) is 0 Å². The lowest BCUT2D eigenvalue weighted by atomic mass is 10.1. The van der Waals surface area contributed by atoms with E-state index in [0.29, 0.717) is 6.04 Å². The molecule has 1 atom stereocenters. The van der Waals surface area contributed by atoms with Gasteiger partial charge in [0.1, 0.15) is 0 Å². The quantitative estimate of drug-likeness (QED) is 0.651. The molecule has 0 bridgehead atoms. The number of hydrogen-bond acceptors (Lipinski definition) is 3. The molecule has 1 aromatic rings. The molecule has 1 saturated heterocycles. The second kappa shape index (κ2) is 5.91. The van der Waals surface area contributed by atoms with Crippen LogP contribution < -0.4 is 10.6 Å². The van der Waals surface area contributed by atoms with Gasteiger partial charge in [-0.15, -0.1) is 0 Å². The summed E-state index contributed by atoms with van der Waals surface area (Å²) in [5, 5.41) is 8.93. The minimum atomic E-state index is 0.284. The topological polar surface area (TPSA) is 49.5 Å². The predicted octanol–water partition coefficient (Wildman–Crippen LogP) is 2.61. The Labute approximate surface area is 116 Å². The standard InChI is InChI=1S/C13H19IN2O/c14-10-5-6-13(12(15)9-10)16-7-1-3-11(16)4-2-8-17/h5-6,9,11,17H,1-4,7-8,15H2. The zero-order valence-corrected chi connectivity index (χ0v) is 12.1. The lowest BCUT2D eigenvalue weighted by molar-refractivity contribution is 0.279. The highest BCUT2D eigenvalue weighted by Gasteiger charge is 2.25. The maximum atomic E-state index is 8.93. The third-order valence-electron chi connectivity index (χ3n) is 3.37. The van der Waals surface area contributed by atoms with Gasteiger partial charge in [-0.2, -0.15) is 0 Å². The lowest BCUT2D eigenvalue weighted by Gasteiger charge is -2.28. The molecular formula is C13H19IN2O. The van der Waals surface area contributed by atoms with E-state index in [2.05, 4.69) is 39.6 Å². The summed E-state index contributed by atoms with van der Waals surface area (Å²) in [5.74, 6) is 0. The van der Waals surface area contributed by atoms with E-state index < -0.39 is 0 Å². The maximum Gasteiger partial charge on any atom is 0.0603 e. The number of nitrogen functional groups attached to an aromatic ring is 1. The van der Waals surface area contributed by atoms with Gasteiger partial charge < -0.3 is 15.7 Å². The van der Waals surface area contributed by atoms with Gasteiger partial charge in [0.05, 0.1) is 11.4 Å². The number of nitrogens with zero attached hydrogens (tertiary/aromatic N) is 1. The molecule has 0 spiro atoms. The second-order valence-corrected chi connectivity index (χ2v) is 5.80. The van der Waals surface area contributed by atoms with Crippen molar-refractivity contribution in [2.75, 3.05) is 23.8 Å². The first kappa shape index (κ1) is 13.0. The Morgan fingerprint density at radius 1 is 1.47 bits per heavy atom. The highest BCUT2D eigenvalue weighted by atomic mass is 127. The van der Waals surface area contributed by atoms with E-state index >= 15 is 0 Å². The summed E-state index contributed by atoms with van der Waals surface area (Å²) in [7, 11) is 0. The summed E-state index contributed by atoms with van der Waals surface area (Å²) in [5.41, 5.74) is 8.12. The van der Waals surface area contributed by atoms with Crippen LogP contribution in [0.2, 0.25) is 0 Å². The van der Waals surface area contributed by atoms with Crippen LogP contribution in [0.5, 0.6) is 0 Å². The average molecular weight is 346 g/mol. The van der Waals surface area contributed by atoms with E-state index in [1.807, 2.05) is 6.07 Å². The third-order valence-corrected chi connectivity index (χ3v) is 4.04. The first-order valence-electron chi connectivity index (χ1n) is 6.15. The fourth-order valence-electron chi connectivity index (χ4n) is 2.57. The zero-order valence-electron chi connectivity index (χ0n) is 9.90. The minimum Gasteiger partial charge on any atom is -0.397 e. The Kier molecular flexibility index (Phi) is 4.50. The number of benzene rings is 1. The molecule has 4 heteroatoms. The predicted molar refractivity (Wildman–Crippen MR) is 80.3 cm³/mol. The molecule has 94 valence electrons. The number of aliphatic hydroxyl groups excluding tert-OH is 1. The van der Waals surface area contributed by atoms with Gasteiger partial charge in [-0.25, -0.2) is 0 Å². The van der Waals surface area contributed by atoms with Crippen LogP contribution >= 0.6 is 22.6 Å². The summed E-state index contributed by atoms with van der Waals surface area (Å²) in [6.07, 6.45) is 4.38. The fraction of sp³-hybridized carbons (Fsp3) is 0.538. The summed E-state index contributed by atoms with van der Waals surface area (Å²) < 4.78 is 1.18. The van der Waals surface area contributed by atoms with Crippen LogP contribution in [0.15, 0.2) is 18.2 Å². The molecule has 0 saturated carbocycles. The largest absolute Gasteiger partial charge is 0.397 e. The highest BCUT2D eigenvalue weighted by Crippen LogP contribution is 2.32. The molecular weight excluding hydrogens is 327 g/mol. The van der Waals surface area contributed by atoms with Crippen molar-refractivity contribution < 1.29 is 5.11 Å². The second-order valence-electron chi connectivity index (χ2n) is 4.56.